The molecule has 0 radical (unpaired) electrons. The third-order valence-electron chi connectivity index (χ3n) is 4.76. The predicted octanol–water partition coefficient (Wildman–Crippen LogP) is 1.40. The van der Waals surface area contributed by atoms with E-state index in [-0.39, 0.29) is 0 Å². The fourth-order valence-corrected chi connectivity index (χ4v) is 3.43. The lowest BCUT2D eigenvalue weighted by molar-refractivity contribution is -0.0914. The van der Waals surface area contributed by atoms with Crippen LogP contribution in [0.1, 0.15) is 45.4 Å². The topological polar surface area (TPSA) is 52.9 Å². The van der Waals surface area contributed by atoms with Crippen LogP contribution in [0.4, 0.5) is 0 Å². The van der Waals surface area contributed by atoms with Gasteiger partial charge < -0.3 is 19.8 Å². The van der Waals surface area contributed by atoms with Gasteiger partial charge >= 0.3 is 0 Å². The number of nitrogens with zero attached hydrogens (tertiary/aromatic N) is 1. The van der Waals surface area contributed by atoms with Gasteiger partial charge in [0.1, 0.15) is 0 Å². The summed E-state index contributed by atoms with van der Waals surface area (Å²) in [6, 6.07) is 0. The third kappa shape index (κ3) is 4.42. The molecule has 19 heavy (non-hydrogen) atoms. The van der Waals surface area contributed by atoms with Gasteiger partial charge in [0.25, 0.3) is 0 Å². The van der Waals surface area contributed by atoms with Crippen LogP contribution in [-0.2, 0) is 4.74 Å². The van der Waals surface area contributed by atoms with Crippen LogP contribution in [0, 0.1) is 5.92 Å². The minimum absolute atomic E-state index is 0.553. The normalized spacial score (nSPS) is 35.5. The van der Waals surface area contributed by atoms with E-state index in [1.807, 2.05) is 7.05 Å². The van der Waals surface area contributed by atoms with Crippen molar-refractivity contribution in [3.05, 3.63) is 0 Å². The average molecular weight is 271 g/mol. The first-order valence-corrected chi connectivity index (χ1v) is 7.62. The van der Waals surface area contributed by atoms with Crippen LogP contribution in [0.5, 0.6) is 0 Å². The van der Waals surface area contributed by atoms with Crippen molar-refractivity contribution in [2.24, 2.45) is 5.92 Å². The molecular formula is C15H29NO3. The highest BCUT2D eigenvalue weighted by molar-refractivity contribution is 4.90. The molecule has 0 aromatic rings. The van der Waals surface area contributed by atoms with E-state index >= 15 is 0 Å². The molecule has 0 spiro atoms. The van der Waals surface area contributed by atoms with Gasteiger partial charge in [-0.1, -0.05) is 6.92 Å². The molecule has 2 N–H and O–H groups in total. The summed E-state index contributed by atoms with van der Waals surface area (Å²) in [6.07, 6.45) is 5.41. The molecule has 1 saturated heterocycles. The lowest BCUT2D eigenvalue weighted by atomic mass is 9.79. The average Bonchev–Trinajstić information content (AvgIpc) is 2.33. The number of ether oxygens (including phenoxy) is 1. The summed E-state index contributed by atoms with van der Waals surface area (Å²) >= 11 is 0. The van der Waals surface area contributed by atoms with Crippen molar-refractivity contribution in [2.75, 3.05) is 33.4 Å². The van der Waals surface area contributed by atoms with Gasteiger partial charge in [-0.05, 0) is 38.6 Å². The second-order valence-corrected chi connectivity index (χ2v) is 6.92. The fraction of sp³-hybridized carbons (Fsp3) is 1.00. The minimum Gasteiger partial charge on any atom is -0.389 e. The molecule has 2 rings (SSSR count). The van der Waals surface area contributed by atoms with Crippen LogP contribution in [0.2, 0.25) is 0 Å². The van der Waals surface area contributed by atoms with Crippen molar-refractivity contribution in [3.63, 3.8) is 0 Å². The predicted molar refractivity (Wildman–Crippen MR) is 75.1 cm³/mol. The zero-order chi connectivity index (χ0) is 13.9. The first-order valence-electron chi connectivity index (χ1n) is 7.62. The molecule has 1 aliphatic heterocycles. The third-order valence-corrected chi connectivity index (χ3v) is 4.76. The SMILES string of the molecule is CC1CCC(O)(CN(C)CC2(O)CCOCC2)CC1. The van der Waals surface area contributed by atoms with Crippen LogP contribution < -0.4 is 0 Å². The summed E-state index contributed by atoms with van der Waals surface area (Å²) < 4.78 is 5.30. The van der Waals surface area contributed by atoms with E-state index in [1.165, 1.54) is 0 Å². The number of hydrogen-bond acceptors (Lipinski definition) is 4. The van der Waals surface area contributed by atoms with E-state index in [4.69, 9.17) is 4.74 Å². The Bertz CT molecular complexity index is 281. The fourth-order valence-electron chi connectivity index (χ4n) is 3.43. The summed E-state index contributed by atoms with van der Waals surface area (Å²) in [5.74, 6) is 0.741. The highest BCUT2D eigenvalue weighted by Crippen LogP contribution is 2.32. The van der Waals surface area contributed by atoms with Crippen molar-refractivity contribution < 1.29 is 14.9 Å². The maximum Gasteiger partial charge on any atom is 0.0817 e. The van der Waals surface area contributed by atoms with Crippen molar-refractivity contribution in [3.8, 4) is 0 Å². The standard InChI is InChI=1S/C15H29NO3/c1-13-3-5-14(17,6-4-13)11-16(2)12-15(18)7-9-19-10-8-15/h13,17-18H,3-12H2,1-2H3. The van der Waals surface area contributed by atoms with E-state index in [9.17, 15) is 10.2 Å². The van der Waals surface area contributed by atoms with Gasteiger partial charge in [0.15, 0.2) is 0 Å². The summed E-state index contributed by atoms with van der Waals surface area (Å²) in [6.45, 7) is 4.85. The quantitative estimate of drug-likeness (QED) is 0.811. The van der Waals surface area contributed by atoms with Gasteiger partial charge in [-0.2, -0.15) is 0 Å². The number of rotatable bonds is 4. The molecule has 1 heterocycles. The molecule has 2 fully saturated rings. The molecule has 0 amide bonds. The Kier molecular flexibility index (Phi) is 4.88. The van der Waals surface area contributed by atoms with Crippen LogP contribution >= 0.6 is 0 Å². The lowest BCUT2D eigenvalue weighted by Crippen LogP contribution is -2.51. The van der Waals surface area contributed by atoms with E-state index in [1.54, 1.807) is 0 Å². The van der Waals surface area contributed by atoms with Gasteiger partial charge in [0.2, 0.25) is 0 Å². The Balaban J connectivity index is 1.81. The molecule has 0 bridgehead atoms. The molecule has 1 aliphatic carbocycles. The van der Waals surface area contributed by atoms with Crippen molar-refractivity contribution in [1.82, 2.24) is 4.90 Å². The van der Waals surface area contributed by atoms with Crippen molar-refractivity contribution >= 4 is 0 Å². The first-order chi connectivity index (χ1) is 8.91. The summed E-state index contributed by atoms with van der Waals surface area (Å²) in [5, 5.41) is 21.1. The molecule has 0 atom stereocenters. The summed E-state index contributed by atoms with van der Waals surface area (Å²) in [7, 11) is 2.00. The lowest BCUT2D eigenvalue weighted by Gasteiger charge is -2.41. The molecule has 0 unspecified atom stereocenters. The van der Waals surface area contributed by atoms with Gasteiger partial charge in [-0.3, -0.25) is 0 Å². The molecule has 112 valence electrons. The van der Waals surface area contributed by atoms with Gasteiger partial charge in [-0.15, -0.1) is 0 Å². The molecule has 0 aromatic carbocycles. The van der Waals surface area contributed by atoms with Crippen molar-refractivity contribution in [1.29, 1.82) is 0 Å². The maximum atomic E-state index is 10.6. The van der Waals surface area contributed by atoms with Crippen LogP contribution in [0.15, 0.2) is 0 Å². The molecule has 2 aliphatic rings. The highest BCUT2D eigenvalue weighted by Gasteiger charge is 2.36. The molecule has 4 nitrogen and oxygen atoms in total. The molecular weight excluding hydrogens is 242 g/mol. The molecule has 4 heteroatoms. The number of likely N-dealkylation sites (N-methyl/N-ethyl adjacent to an activating group) is 1. The van der Waals surface area contributed by atoms with Crippen LogP contribution in [0.3, 0.4) is 0 Å². The Morgan fingerprint density at radius 2 is 1.47 bits per heavy atom. The van der Waals surface area contributed by atoms with E-state index in [2.05, 4.69) is 11.8 Å². The second-order valence-electron chi connectivity index (χ2n) is 6.92. The Hall–Kier alpha value is -0.160. The van der Waals surface area contributed by atoms with Gasteiger partial charge in [0, 0.05) is 39.1 Å². The smallest absolute Gasteiger partial charge is 0.0817 e. The molecule has 0 aromatic heterocycles. The first kappa shape index (κ1) is 15.2. The van der Waals surface area contributed by atoms with Gasteiger partial charge in [-0.25, -0.2) is 0 Å². The van der Waals surface area contributed by atoms with Crippen LogP contribution in [-0.4, -0.2) is 59.7 Å². The van der Waals surface area contributed by atoms with E-state index in [0.717, 1.165) is 31.6 Å². The monoisotopic (exact) mass is 271 g/mol. The Morgan fingerprint density at radius 1 is 1.00 bits per heavy atom. The molecule has 1 saturated carbocycles. The second kappa shape index (κ2) is 6.08. The van der Waals surface area contributed by atoms with E-state index < -0.39 is 11.2 Å². The zero-order valence-corrected chi connectivity index (χ0v) is 12.4. The van der Waals surface area contributed by atoms with E-state index in [0.29, 0.717) is 39.1 Å². The largest absolute Gasteiger partial charge is 0.389 e. The summed E-state index contributed by atoms with van der Waals surface area (Å²) in [4.78, 5) is 2.10. The maximum absolute atomic E-state index is 10.6. The highest BCUT2D eigenvalue weighted by atomic mass is 16.5. The zero-order valence-electron chi connectivity index (χ0n) is 12.4. The number of hydrogen-bond donors (Lipinski definition) is 2. The Morgan fingerprint density at radius 3 is 2.00 bits per heavy atom. The minimum atomic E-state index is -0.634. The van der Waals surface area contributed by atoms with Gasteiger partial charge in [0.05, 0.1) is 11.2 Å². The summed E-state index contributed by atoms with van der Waals surface area (Å²) in [5.41, 5.74) is -1.19. The van der Waals surface area contributed by atoms with Crippen molar-refractivity contribution in [2.45, 2.75) is 56.7 Å². The van der Waals surface area contributed by atoms with Crippen LogP contribution in [0.25, 0.3) is 0 Å². The number of aliphatic hydroxyl groups is 2. The Labute approximate surface area is 116 Å².